The van der Waals surface area contributed by atoms with Crippen LogP contribution in [-0.4, -0.2) is 75.7 Å². The van der Waals surface area contributed by atoms with E-state index in [1.807, 2.05) is 0 Å². The molecule has 10 N–H and O–H groups in total. The maximum atomic E-state index is 12.8. The minimum absolute atomic E-state index is 0.000535. The van der Waals surface area contributed by atoms with E-state index < -0.39 is 60.4 Å². The number of benzene rings is 1. The third kappa shape index (κ3) is 9.53. The number of aliphatic carboxylic acids is 1. The summed E-state index contributed by atoms with van der Waals surface area (Å²) in [6, 6.07) is 0.789. The first-order valence-corrected chi connectivity index (χ1v) is 10.0. The van der Waals surface area contributed by atoms with E-state index in [0.717, 1.165) is 0 Å². The summed E-state index contributed by atoms with van der Waals surface area (Å²) in [5.41, 5.74) is 11.4. The van der Waals surface area contributed by atoms with Crippen LogP contribution in [0.3, 0.4) is 0 Å². The molecule has 1 aromatic carbocycles. The van der Waals surface area contributed by atoms with Gasteiger partial charge in [0.1, 0.15) is 23.9 Å². The van der Waals surface area contributed by atoms with Gasteiger partial charge in [-0.25, -0.2) is 4.79 Å². The number of aromatic hydroxyl groups is 1. The molecule has 0 spiro atoms. The Bertz CT molecular complexity index is 861. The van der Waals surface area contributed by atoms with Gasteiger partial charge in [0.25, 0.3) is 0 Å². The summed E-state index contributed by atoms with van der Waals surface area (Å²) in [5, 5.41) is 34.3. The van der Waals surface area contributed by atoms with E-state index in [4.69, 9.17) is 21.7 Å². The number of nitrogens with two attached hydrogens (primary N) is 2. The largest absolute Gasteiger partial charge is 0.508 e. The molecule has 1 aromatic rings. The molecule has 0 aliphatic heterocycles. The van der Waals surface area contributed by atoms with Gasteiger partial charge in [0, 0.05) is 12.8 Å². The number of primary amides is 1. The highest BCUT2D eigenvalue weighted by Crippen LogP contribution is 2.12. The van der Waals surface area contributed by atoms with Crippen LogP contribution in [0.25, 0.3) is 0 Å². The first-order chi connectivity index (χ1) is 15.4. The molecule has 4 amide bonds. The lowest BCUT2D eigenvalue weighted by Gasteiger charge is -2.23. The first-order valence-electron chi connectivity index (χ1n) is 10.0. The highest BCUT2D eigenvalue weighted by molar-refractivity contribution is 5.94. The summed E-state index contributed by atoms with van der Waals surface area (Å²) in [6.07, 6.45) is -0.190. The third-order valence-electron chi connectivity index (χ3n) is 4.60. The van der Waals surface area contributed by atoms with Crippen molar-refractivity contribution in [2.75, 3.05) is 6.61 Å². The number of carboxylic acids is 1. The minimum Gasteiger partial charge on any atom is -0.508 e. The SMILES string of the molecule is CC(NC(=O)C(Cc1ccc(O)cc1)NC(=O)C(N)CCC(N)=O)C(=O)NC(CO)C(=O)O. The monoisotopic (exact) mass is 467 g/mol. The van der Waals surface area contributed by atoms with Crippen LogP contribution >= 0.6 is 0 Å². The number of phenols is 1. The zero-order valence-corrected chi connectivity index (χ0v) is 18.0. The van der Waals surface area contributed by atoms with E-state index in [1.165, 1.54) is 31.2 Å². The Kier molecular flexibility index (Phi) is 10.7. The van der Waals surface area contributed by atoms with Gasteiger partial charge in [0.05, 0.1) is 12.6 Å². The summed E-state index contributed by atoms with van der Waals surface area (Å²) in [4.78, 5) is 59.3. The van der Waals surface area contributed by atoms with Crippen molar-refractivity contribution in [3.8, 4) is 5.75 Å². The number of hydrogen-bond acceptors (Lipinski definition) is 8. The standard InChI is InChI=1S/C20H29N5O8/c1-10(17(29)25-15(9-26)20(32)33)23-19(31)14(8-11-2-4-12(27)5-3-11)24-18(30)13(21)6-7-16(22)28/h2-5,10,13-15,26-27H,6-9,21H2,1H3,(H2,22,28)(H,23,31)(H,24,30)(H,25,29)(H,32,33). The lowest BCUT2D eigenvalue weighted by Crippen LogP contribution is -2.57. The predicted molar refractivity (Wildman–Crippen MR) is 114 cm³/mol. The molecule has 4 unspecified atom stereocenters. The van der Waals surface area contributed by atoms with Crippen LogP contribution in [0.5, 0.6) is 5.75 Å². The molecule has 13 nitrogen and oxygen atoms in total. The summed E-state index contributed by atoms with van der Waals surface area (Å²) in [7, 11) is 0. The van der Waals surface area contributed by atoms with Crippen molar-refractivity contribution in [2.45, 2.75) is 50.4 Å². The molecule has 0 aliphatic carbocycles. The van der Waals surface area contributed by atoms with Gasteiger partial charge in [-0.3, -0.25) is 19.2 Å². The van der Waals surface area contributed by atoms with Crippen molar-refractivity contribution in [1.29, 1.82) is 0 Å². The topological polar surface area (TPSA) is 234 Å². The number of amides is 4. The maximum absolute atomic E-state index is 12.8. The fraction of sp³-hybridized carbons (Fsp3) is 0.450. The molecular weight excluding hydrogens is 438 g/mol. The lowest BCUT2D eigenvalue weighted by atomic mass is 10.0. The second-order valence-corrected chi connectivity index (χ2v) is 7.36. The van der Waals surface area contributed by atoms with Gasteiger partial charge in [-0.05, 0) is 31.0 Å². The molecule has 0 radical (unpaired) electrons. The maximum Gasteiger partial charge on any atom is 0.328 e. The van der Waals surface area contributed by atoms with E-state index in [-0.39, 0.29) is 25.0 Å². The van der Waals surface area contributed by atoms with Crippen LogP contribution in [0.15, 0.2) is 24.3 Å². The molecule has 0 aromatic heterocycles. The Morgan fingerprint density at radius 2 is 1.52 bits per heavy atom. The van der Waals surface area contributed by atoms with Gasteiger partial charge in [0.15, 0.2) is 0 Å². The summed E-state index contributed by atoms with van der Waals surface area (Å²) in [5.74, 6) is -4.45. The van der Waals surface area contributed by atoms with Crippen LogP contribution in [0, 0.1) is 0 Å². The average molecular weight is 467 g/mol. The molecule has 1 rings (SSSR count). The molecule has 0 aliphatic rings. The van der Waals surface area contributed by atoms with Crippen LogP contribution in [0.2, 0.25) is 0 Å². The molecule has 0 saturated heterocycles. The number of phenolic OH excluding ortho intramolecular Hbond substituents is 1. The predicted octanol–water partition coefficient (Wildman–Crippen LogP) is -2.92. The van der Waals surface area contributed by atoms with Gasteiger partial charge in [-0.1, -0.05) is 12.1 Å². The Morgan fingerprint density at radius 3 is 2.03 bits per heavy atom. The Morgan fingerprint density at radius 1 is 0.939 bits per heavy atom. The first kappa shape index (κ1) is 27.3. The Labute approximate surface area is 189 Å². The van der Waals surface area contributed by atoms with Crippen molar-refractivity contribution in [3.63, 3.8) is 0 Å². The Balaban J connectivity index is 2.92. The molecule has 33 heavy (non-hydrogen) atoms. The van der Waals surface area contributed by atoms with Crippen molar-refractivity contribution in [3.05, 3.63) is 29.8 Å². The van der Waals surface area contributed by atoms with Crippen LogP contribution in [0.4, 0.5) is 0 Å². The van der Waals surface area contributed by atoms with Crippen molar-refractivity contribution in [1.82, 2.24) is 16.0 Å². The minimum atomic E-state index is -1.55. The second-order valence-electron chi connectivity index (χ2n) is 7.36. The van der Waals surface area contributed by atoms with Crippen molar-refractivity contribution in [2.24, 2.45) is 11.5 Å². The van der Waals surface area contributed by atoms with Gasteiger partial charge >= 0.3 is 5.97 Å². The molecule has 182 valence electrons. The molecular formula is C20H29N5O8. The van der Waals surface area contributed by atoms with Crippen LogP contribution < -0.4 is 27.4 Å². The number of carbonyl (C=O) groups is 5. The van der Waals surface area contributed by atoms with Gasteiger partial charge in [-0.15, -0.1) is 0 Å². The normalized spacial score (nSPS) is 14.3. The fourth-order valence-corrected chi connectivity index (χ4v) is 2.65. The second kappa shape index (κ2) is 13.0. The highest BCUT2D eigenvalue weighted by Gasteiger charge is 2.28. The fourth-order valence-electron chi connectivity index (χ4n) is 2.65. The summed E-state index contributed by atoms with van der Waals surface area (Å²) >= 11 is 0. The number of aliphatic hydroxyl groups is 1. The molecule has 13 heteroatoms. The molecule has 0 saturated carbocycles. The van der Waals surface area contributed by atoms with Crippen LogP contribution in [-0.2, 0) is 30.4 Å². The van der Waals surface area contributed by atoms with Crippen molar-refractivity contribution >= 4 is 29.6 Å². The van der Waals surface area contributed by atoms with E-state index in [0.29, 0.717) is 5.56 Å². The van der Waals surface area contributed by atoms with E-state index in [1.54, 1.807) is 0 Å². The highest BCUT2D eigenvalue weighted by atomic mass is 16.4. The summed E-state index contributed by atoms with van der Waals surface area (Å²) in [6.45, 7) is 0.450. The summed E-state index contributed by atoms with van der Waals surface area (Å²) < 4.78 is 0. The zero-order chi connectivity index (χ0) is 25.1. The molecule has 0 bridgehead atoms. The Hall–Kier alpha value is -3.71. The third-order valence-corrected chi connectivity index (χ3v) is 4.60. The average Bonchev–Trinajstić information content (AvgIpc) is 2.75. The lowest BCUT2D eigenvalue weighted by molar-refractivity contribution is -0.143. The number of aliphatic hydroxyl groups excluding tert-OH is 1. The number of rotatable bonds is 13. The number of nitrogens with one attached hydrogen (secondary N) is 3. The van der Waals surface area contributed by atoms with Crippen molar-refractivity contribution < 1.29 is 39.3 Å². The number of carboxylic acid groups (broad SMARTS) is 1. The number of carbonyl (C=O) groups excluding carboxylic acids is 4. The van der Waals surface area contributed by atoms with Crippen LogP contribution in [0.1, 0.15) is 25.3 Å². The van der Waals surface area contributed by atoms with Gasteiger partial charge in [-0.2, -0.15) is 0 Å². The van der Waals surface area contributed by atoms with E-state index in [9.17, 15) is 29.1 Å². The molecule has 4 atom stereocenters. The molecule has 0 heterocycles. The van der Waals surface area contributed by atoms with Gasteiger partial charge < -0.3 is 42.7 Å². The van der Waals surface area contributed by atoms with Gasteiger partial charge in [0.2, 0.25) is 23.6 Å². The molecule has 0 fully saturated rings. The quantitative estimate of drug-likeness (QED) is 0.148. The van der Waals surface area contributed by atoms with E-state index in [2.05, 4.69) is 16.0 Å². The zero-order valence-electron chi connectivity index (χ0n) is 18.0. The van der Waals surface area contributed by atoms with E-state index >= 15 is 0 Å². The smallest absolute Gasteiger partial charge is 0.328 e. The number of hydrogen-bond donors (Lipinski definition) is 8.